The lowest BCUT2D eigenvalue weighted by molar-refractivity contribution is -0.127. The SMILES string of the molecule is CCOc1cc(/C=C2\SC(=O)N(CC(N)=O)C2=O)cc(Cl)c1OC. The van der Waals surface area contributed by atoms with Gasteiger partial charge in [0, 0.05) is 0 Å². The zero-order valence-corrected chi connectivity index (χ0v) is 14.6. The first-order valence-corrected chi connectivity index (χ1v) is 8.10. The van der Waals surface area contributed by atoms with Gasteiger partial charge in [0.25, 0.3) is 11.1 Å². The molecule has 0 aliphatic carbocycles. The van der Waals surface area contributed by atoms with Crippen molar-refractivity contribution < 1.29 is 23.9 Å². The van der Waals surface area contributed by atoms with E-state index in [-0.39, 0.29) is 4.91 Å². The molecule has 0 aromatic heterocycles. The lowest BCUT2D eigenvalue weighted by atomic mass is 10.1. The second-order valence-electron chi connectivity index (χ2n) is 4.70. The van der Waals surface area contributed by atoms with Gasteiger partial charge in [-0.15, -0.1) is 0 Å². The number of methoxy groups -OCH3 is 1. The van der Waals surface area contributed by atoms with Crippen molar-refractivity contribution in [3.05, 3.63) is 27.6 Å². The zero-order chi connectivity index (χ0) is 17.9. The number of hydrogen-bond acceptors (Lipinski definition) is 6. The monoisotopic (exact) mass is 370 g/mol. The number of benzene rings is 1. The molecule has 0 bridgehead atoms. The maximum Gasteiger partial charge on any atom is 0.294 e. The van der Waals surface area contributed by atoms with Crippen LogP contribution in [0.4, 0.5) is 4.79 Å². The van der Waals surface area contributed by atoms with E-state index in [4.69, 9.17) is 26.8 Å². The molecule has 1 heterocycles. The maximum atomic E-state index is 12.2. The van der Waals surface area contributed by atoms with Crippen LogP contribution in [0.15, 0.2) is 17.0 Å². The van der Waals surface area contributed by atoms with E-state index >= 15 is 0 Å². The molecule has 1 saturated heterocycles. The Morgan fingerprint density at radius 1 is 1.42 bits per heavy atom. The average Bonchev–Trinajstić information content (AvgIpc) is 2.75. The normalized spacial score (nSPS) is 16.0. The number of nitrogens with two attached hydrogens (primary N) is 1. The van der Waals surface area contributed by atoms with Gasteiger partial charge in [-0.05, 0) is 42.5 Å². The van der Waals surface area contributed by atoms with E-state index in [0.29, 0.717) is 28.7 Å². The number of carbonyl (C=O) groups is 3. The molecule has 1 aromatic carbocycles. The number of hydrogen-bond donors (Lipinski definition) is 1. The fourth-order valence-corrected chi connectivity index (χ4v) is 3.21. The lowest BCUT2D eigenvalue weighted by Crippen LogP contribution is -2.36. The smallest absolute Gasteiger partial charge is 0.294 e. The van der Waals surface area contributed by atoms with E-state index in [1.807, 2.05) is 6.92 Å². The first kappa shape index (κ1) is 18.2. The number of imide groups is 1. The van der Waals surface area contributed by atoms with Crippen LogP contribution in [0.25, 0.3) is 6.08 Å². The van der Waals surface area contributed by atoms with Gasteiger partial charge in [0.15, 0.2) is 11.5 Å². The molecule has 1 aromatic rings. The van der Waals surface area contributed by atoms with Crippen molar-refractivity contribution in [3.63, 3.8) is 0 Å². The topological polar surface area (TPSA) is 98.9 Å². The third kappa shape index (κ3) is 3.82. The largest absolute Gasteiger partial charge is 0.491 e. The third-order valence-corrected chi connectivity index (χ3v) is 4.21. The molecule has 2 N–H and O–H groups in total. The van der Waals surface area contributed by atoms with Crippen molar-refractivity contribution in [3.8, 4) is 11.5 Å². The number of carbonyl (C=O) groups excluding carboxylic acids is 3. The molecule has 0 spiro atoms. The van der Waals surface area contributed by atoms with Gasteiger partial charge >= 0.3 is 0 Å². The van der Waals surface area contributed by atoms with Crippen LogP contribution >= 0.6 is 23.4 Å². The summed E-state index contributed by atoms with van der Waals surface area (Å²) >= 11 is 6.88. The summed E-state index contributed by atoms with van der Waals surface area (Å²) in [5, 5.41) is -0.235. The summed E-state index contributed by atoms with van der Waals surface area (Å²) in [6.07, 6.45) is 1.50. The quantitative estimate of drug-likeness (QED) is 0.771. The molecule has 24 heavy (non-hydrogen) atoms. The van der Waals surface area contributed by atoms with Gasteiger partial charge in [0.1, 0.15) is 6.54 Å². The number of amides is 3. The Morgan fingerprint density at radius 2 is 2.12 bits per heavy atom. The Morgan fingerprint density at radius 3 is 2.71 bits per heavy atom. The van der Waals surface area contributed by atoms with Crippen LogP contribution in [0.2, 0.25) is 5.02 Å². The molecular weight excluding hydrogens is 356 g/mol. The van der Waals surface area contributed by atoms with E-state index in [2.05, 4.69) is 0 Å². The highest BCUT2D eigenvalue weighted by Gasteiger charge is 2.35. The molecule has 2 rings (SSSR count). The van der Waals surface area contributed by atoms with Gasteiger partial charge < -0.3 is 15.2 Å². The standard InChI is InChI=1S/C15H15ClN2O5S/c1-3-23-10-5-8(4-9(16)13(10)22-2)6-11-14(20)18(7-12(17)19)15(21)24-11/h4-6H,3,7H2,1-2H3,(H2,17,19)/b11-6-. The van der Waals surface area contributed by atoms with Crippen LogP contribution < -0.4 is 15.2 Å². The van der Waals surface area contributed by atoms with Gasteiger partial charge in [-0.25, -0.2) is 0 Å². The van der Waals surface area contributed by atoms with Crippen molar-refractivity contribution in [2.75, 3.05) is 20.3 Å². The minimum absolute atomic E-state index is 0.171. The maximum absolute atomic E-state index is 12.2. The number of nitrogens with zero attached hydrogens (tertiary/aromatic N) is 1. The Bertz CT molecular complexity index is 735. The number of thioether (sulfide) groups is 1. The molecule has 0 saturated carbocycles. The van der Waals surface area contributed by atoms with Gasteiger partial charge in [-0.2, -0.15) is 0 Å². The molecule has 9 heteroatoms. The molecule has 0 radical (unpaired) electrons. The van der Waals surface area contributed by atoms with Crippen molar-refractivity contribution in [1.82, 2.24) is 4.90 Å². The minimum Gasteiger partial charge on any atom is -0.491 e. The van der Waals surface area contributed by atoms with Crippen LogP contribution in [0.5, 0.6) is 11.5 Å². The van der Waals surface area contributed by atoms with Gasteiger partial charge in [-0.1, -0.05) is 11.6 Å². The second-order valence-corrected chi connectivity index (χ2v) is 6.10. The Balaban J connectivity index is 2.36. The zero-order valence-electron chi connectivity index (χ0n) is 13.0. The third-order valence-electron chi connectivity index (χ3n) is 3.02. The fourth-order valence-electron chi connectivity index (χ4n) is 2.08. The summed E-state index contributed by atoms with van der Waals surface area (Å²) < 4.78 is 10.7. The summed E-state index contributed by atoms with van der Waals surface area (Å²) in [6, 6.07) is 3.24. The molecule has 1 fully saturated rings. The predicted molar refractivity (Wildman–Crippen MR) is 91.0 cm³/mol. The Labute approximate surface area is 147 Å². The number of halogens is 1. The van der Waals surface area contributed by atoms with Crippen LogP contribution in [0.1, 0.15) is 12.5 Å². The first-order chi connectivity index (χ1) is 11.4. The van der Waals surface area contributed by atoms with Gasteiger partial charge in [-0.3, -0.25) is 19.3 Å². The highest BCUT2D eigenvalue weighted by molar-refractivity contribution is 8.18. The number of ether oxygens (including phenoxy) is 2. The van der Waals surface area contributed by atoms with E-state index < -0.39 is 23.6 Å². The molecular formula is C15H15ClN2O5S. The first-order valence-electron chi connectivity index (χ1n) is 6.91. The molecule has 0 atom stereocenters. The van der Waals surface area contributed by atoms with Crippen LogP contribution in [-0.4, -0.2) is 42.2 Å². The molecule has 1 aliphatic rings. The molecule has 0 unspecified atom stereocenters. The summed E-state index contributed by atoms with van der Waals surface area (Å²) in [5.41, 5.74) is 5.60. The second kappa shape index (κ2) is 7.59. The number of primary amides is 1. The highest BCUT2D eigenvalue weighted by atomic mass is 35.5. The average molecular weight is 371 g/mol. The molecule has 128 valence electrons. The Hall–Kier alpha value is -2.19. The van der Waals surface area contributed by atoms with Crippen LogP contribution in [0, 0.1) is 0 Å². The van der Waals surface area contributed by atoms with Crippen molar-refractivity contribution in [1.29, 1.82) is 0 Å². The summed E-state index contributed by atoms with van der Waals surface area (Å²) in [7, 11) is 1.47. The Kier molecular flexibility index (Phi) is 5.74. The number of rotatable bonds is 6. The van der Waals surface area contributed by atoms with Gasteiger partial charge in [0.2, 0.25) is 5.91 Å². The highest BCUT2D eigenvalue weighted by Crippen LogP contribution is 2.38. The van der Waals surface area contributed by atoms with E-state index in [9.17, 15) is 14.4 Å². The molecule has 1 aliphatic heterocycles. The van der Waals surface area contributed by atoms with Crippen molar-refractivity contribution >= 4 is 46.5 Å². The summed E-state index contributed by atoms with van der Waals surface area (Å²) in [5.74, 6) is -0.522. The lowest BCUT2D eigenvalue weighted by Gasteiger charge is -2.12. The predicted octanol–water partition coefficient (Wildman–Crippen LogP) is 2.27. The fraction of sp³-hybridized carbons (Fsp3) is 0.267. The van der Waals surface area contributed by atoms with E-state index in [0.717, 1.165) is 16.7 Å². The summed E-state index contributed by atoms with van der Waals surface area (Å²) in [4.78, 5) is 35.9. The van der Waals surface area contributed by atoms with E-state index in [1.165, 1.54) is 13.2 Å². The summed E-state index contributed by atoms with van der Waals surface area (Å²) in [6.45, 7) is 1.77. The van der Waals surface area contributed by atoms with Gasteiger partial charge in [0.05, 0.1) is 23.6 Å². The molecule has 3 amide bonds. The minimum atomic E-state index is -0.760. The van der Waals surface area contributed by atoms with Crippen LogP contribution in [-0.2, 0) is 9.59 Å². The van der Waals surface area contributed by atoms with Crippen LogP contribution in [0.3, 0.4) is 0 Å². The van der Waals surface area contributed by atoms with Crippen molar-refractivity contribution in [2.24, 2.45) is 5.73 Å². The van der Waals surface area contributed by atoms with Crippen molar-refractivity contribution in [2.45, 2.75) is 6.92 Å². The van der Waals surface area contributed by atoms with E-state index in [1.54, 1.807) is 12.1 Å². The molecule has 7 nitrogen and oxygen atoms in total.